The Hall–Kier alpha value is -2.48. The fraction of sp³-hybridized carbons (Fsp3) is 0.200. The highest BCUT2D eigenvalue weighted by Crippen LogP contribution is 2.23. The molecule has 0 spiro atoms. The van der Waals surface area contributed by atoms with E-state index in [1.54, 1.807) is 0 Å². The lowest BCUT2D eigenvalue weighted by Gasteiger charge is -2.10. The number of hydrogen-bond acceptors (Lipinski definition) is 2. The molecule has 0 saturated carbocycles. The van der Waals surface area contributed by atoms with Crippen LogP contribution < -0.4 is 9.47 Å². The summed E-state index contributed by atoms with van der Waals surface area (Å²) in [6.07, 6.45) is 2.00. The number of rotatable bonds is 0. The first kappa shape index (κ1) is 13.2. The second-order valence-electron chi connectivity index (χ2n) is 5.74. The number of ether oxygens (including phenoxy) is 2. The maximum absolute atomic E-state index is 5.89. The summed E-state index contributed by atoms with van der Waals surface area (Å²) in [5.74, 6) is 1.87. The minimum atomic E-state index is 0.727. The Balaban J connectivity index is 2.02. The molecule has 2 heteroatoms. The van der Waals surface area contributed by atoms with Crippen molar-refractivity contribution in [2.24, 2.45) is 0 Å². The van der Waals surface area contributed by atoms with E-state index >= 15 is 0 Å². The zero-order valence-corrected chi connectivity index (χ0v) is 12.4. The Bertz CT molecular complexity index is 723. The van der Waals surface area contributed by atoms with E-state index in [4.69, 9.17) is 9.47 Å². The van der Waals surface area contributed by atoms with Crippen LogP contribution in [0.5, 0.6) is 11.5 Å². The van der Waals surface area contributed by atoms with Crippen LogP contribution in [0.15, 0.2) is 60.7 Å². The Morgan fingerprint density at radius 1 is 0.500 bits per heavy atom. The van der Waals surface area contributed by atoms with Crippen LogP contribution in [0.2, 0.25) is 0 Å². The molecule has 0 amide bonds. The van der Waals surface area contributed by atoms with Crippen LogP contribution in [0.1, 0.15) is 12.8 Å². The molecule has 3 aromatic carbocycles. The third-order valence-electron chi connectivity index (χ3n) is 3.91. The minimum Gasteiger partial charge on any atom is -0.494 e. The van der Waals surface area contributed by atoms with Crippen LogP contribution in [-0.4, -0.2) is 13.2 Å². The van der Waals surface area contributed by atoms with Crippen molar-refractivity contribution < 1.29 is 9.47 Å². The Morgan fingerprint density at radius 2 is 0.864 bits per heavy atom. The van der Waals surface area contributed by atoms with E-state index < -0.39 is 0 Å². The Morgan fingerprint density at radius 3 is 1.23 bits per heavy atom. The molecule has 0 atom stereocenters. The van der Waals surface area contributed by atoms with Crippen LogP contribution >= 0.6 is 0 Å². The predicted octanol–water partition coefficient (Wildman–Crippen LogP) is 5.11. The van der Waals surface area contributed by atoms with E-state index in [1.807, 2.05) is 0 Å². The van der Waals surface area contributed by atoms with Crippen molar-refractivity contribution in [1.82, 2.24) is 0 Å². The molecule has 0 fully saturated rings. The van der Waals surface area contributed by atoms with Crippen LogP contribution in [0.25, 0.3) is 21.5 Å². The molecule has 0 aliphatic carbocycles. The van der Waals surface area contributed by atoms with Gasteiger partial charge in [-0.2, -0.15) is 0 Å². The summed E-state index contributed by atoms with van der Waals surface area (Å²) in [4.78, 5) is 0. The summed E-state index contributed by atoms with van der Waals surface area (Å²) in [6, 6.07) is 21.3. The monoisotopic (exact) mass is 290 g/mol. The van der Waals surface area contributed by atoms with Crippen molar-refractivity contribution in [2.45, 2.75) is 12.8 Å². The zero-order valence-electron chi connectivity index (χ0n) is 12.4. The van der Waals surface area contributed by atoms with Gasteiger partial charge in [0.2, 0.25) is 0 Å². The topological polar surface area (TPSA) is 18.5 Å². The van der Waals surface area contributed by atoms with Gasteiger partial charge in [-0.05, 0) is 70.8 Å². The SMILES string of the molecule is c1cc2cc3cc(ccc4cc(cc1c4)OCCCCO3)c2. The lowest BCUT2D eigenvalue weighted by Crippen LogP contribution is -2.02. The molecule has 2 aliphatic heterocycles. The minimum absolute atomic E-state index is 0.727. The van der Waals surface area contributed by atoms with E-state index in [0.717, 1.165) is 59.1 Å². The Kier molecular flexibility index (Phi) is 3.43. The highest BCUT2D eigenvalue weighted by Gasteiger charge is 2.00. The highest BCUT2D eigenvalue weighted by atomic mass is 16.5. The van der Waals surface area contributed by atoms with Gasteiger partial charge in [0, 0.05) is 0 Å². The average Bonchev–Trinajstić information content (AvgIpc) is 2.53. The summed E-state index contributed by atoms with van der Waals surface area (Å²) >= 11 is 0. The van der Waals surface area contributed by atoms with Crippen LogP contribution in [0.3, 0.4) is 0 Å². The third-order valence-corrected chi connectivity index (χ3v) is 3.91. The maximum Gasteiger partial charge on any atom is 0.120 e. The second kappa shape index (κ2) is 5.72. The molecule has 5 rings (SSSR count). The lowest BCUT2D eigenvalue weighted by molar-refractivity contribution is 0.267. The Labute approximate surface area is 129 Å². The molecular formula is C20H18O2. The average molecular weight is 290 g/mol. The summed E-state index contributed by atoms with van der Waals surface area (Å²) in [7, 11) is 0. The van der Waals surface area contributed by atoms with Crippen molar-refractivity contribution in [3.8, 4) is 11.5 Å². The van der Waals surface area contributed by atoms with Gasteiger partial charge in [0.15, 0.2) is 0 Å². The lowest BCUT2D eigenvalue weighted by atomic mass is 10.1. The summed E-state index contributed by atoms with van der Waals surface area (Å²) in [5, 5.41) is 4.63. The quantitative estimate of drug-likeness (QED) is 0.573. The standard InChI is InChI=1S/C20H18O2/c1-2-8-22-20-13-17-5-3-15-9-16(4-6-18(10-17)14-20)12-19(11-15)21-7-1/h3-6,9-14H,1-2,7-8H2. The van der Waals surface area contributed by atoms with Gasteiger partial charge in [-0.1, -0.05) is 24.3 Å². The van der Waals surface area contributed by atoms with Crippen molar-refractivity contribution in [1.29, 1.82) is 0 Å². The number of fused-ring (bicyclic) bond motifs is 7. The van der Waals surface area contributed by atoms with Gasteiger partial charge < -0.3 is 9.47 Å². The van der Waals surface area contributed by atoms with Gasteiger partial charge in [0.05, 0.1) is 13.2 Å². The first-order valence-electron chi connectivity index (χ1n) is 7.77. The molecule has 2 heterocycles. The summed E-state index contributed by atoms with van der Waals surface area (Å²) in [5.41, 5.74) is 0. The van der Waals surface area contributed by atoms with E-state index in [9.17, 15) is 0 Å². The normalized spacial score (nSPS) is 14.4. The number of hydrogen-bond donors (Lipinski definition) is 0. The molecule has 2 aliphatic rings. The first-order valence-corrected chi connectivity index (χ1v) is 7.77. The molecule has 6 bridgehead atoms. The number of benzene rings is 2. The smallest absolute Gasteiger partial charge is 0.120 e. The summed E-state index contributed by atoms with van der Waals surface area (Å²) < 4.78 is 11.8. The first-order chi connectivity index (χ1) is 10.8. The van der Waals surface area contributed by atoms with Crippen LogP contribution in [0.4, 0.5) is 0 Å². The largest absolute Gasteiger partial charge is 0.494 e. The van der Waals surface area contributed by atoms with Gasteiger partial charge in [-0.3, -0.25) is 0 Å². The van der Waals surface area contributed by atoms with Crippen LogP contribution in [-0.2, 0) is 0 Å². The van der Waals surface area contributed by atoms with Crippen molar-refractivity contribution in [3.63, 3.8) is 0 Å². The fourth-order valence-corrected chi connectivity index (χ4v) is 2.81. The highest BCUT2D eigenvalue weighted by molar-refractivity contribution is 5.76. The zero-order chi connectivity index (χ0) is 14.8. The van der Waals surface area contributed by atoms with Crippen LogP contribution in [0, 0.1) is 0 Å². The van der Waals surface area contributed by atoms with E-state index in [-0.39, 0.29) is 0 Å². The van der Waals surface area contributed by atoms with Gasteiger partial charge in [0.1, 0.15) is 11.5 Å². The van der Waals surface area contributed by atoms with E-state index in [1.165, 1.54) is 0 Å². The van der Waals surface area contributed by atoms with Gasteiger partial charge in [-0.25, -0.2) is 0 Å². The molecule has 0 saturated heterocycles. The predicted molar refractivity (Wildman–Crippen MR) is 90.5 cm³/mol. The van der Waals surface area contributed by atoms with Gasteiger partial charge >= 0.3 is 0 Å². The molecule has 3 aromatic rings. The van der Waals surface area contributed by atoms with E-state index in [0.29, 0.717) is 0 Å². The second-order valence-corrected chi connectivity index (χ2v) is 5.74. The fourth-order valence-electron chi connectivity index (χ4n) is 2.81. The van der Waals surface area contributed by atoms with E-state index in [2.05, 4.69) is 60.7 Å². The molecule has 110 valence electrons. The summed E-state index contributed by atoms with van der Waals surface area (Å²) in [6.45, 7) is 1.45. The molecule has 0 N–H and O–H groups in total. The molecule has 0 aromatic heterocycles. The maximum atomic E-state index is 5.89. The molecule has 0 radical (unpaired) electrons. The van der Waals surface area contributed by atoms with Gasteiger partial charge in [-0.15, -0.1) is 0 Å². The molecule has 0 unspecified atom stereocenters. The van der Waals surface area contributed by atoms with Gasteiger partial charge in [0.25, 0.3) is 0 Å². The van der Waals surface area contributed by atoms with Crippen molar-refractivity contribution in [3.05, 3.63) is 60.7 Å². The molecule has 22 heavy (non-hydrogen) atoms. The molecule has 2 nitrogen and oxygen atoms in total. The van der Waals surface area contributed by atoms with Crippen molar-refractivity contribution >= 4 is 21.5 Å². The third kappa shape index (κ3) is 2.91. The molecular weight excluding hydrogens is 272 g/mol. The van der Waals surface area contributed by atoms with Crippen molar-refractivity contribution in [2.75, 3.05) is 13.2 Å².